The van der Waals surface area contributed by atoms with Gasteiger partial charge in [-0.2, -0.15) is 11.8 Å². The van der Waals surface area contributed by atoms with Gasteiger partial charge >= 0.3 is 0 Å². The van der Waals surface area contributed by atoms with E-state index in [0.29, 0.717) is 6.54 Å². The first kappa shape index (κ1) is 11.7. The average molecular weight is 235 g/mol. The number of Topliss-reactive ketones (excluding diaryl/α,β-unsaturated/α-hetero) is 1. The molecule has 0 unspecified atom stereocenters. The minimum atomic E-state index is 0.243. The summed E-state index contributed by atoms with van der Waals surface area (Å²) < 4.78 is 0. The van der Waals surface area contributed by atoms with Crippen molar-refractivity contribution in [2.24, 2.45) is 0 Å². The van der Waals surface area contributed by atoms with Gasteiger partial charge in [0.1, 0.15) is 0 Å². The second kappa shape index (κ2) is 5.51. The third-order valence-corrected chi connectivity index (χ3v) is 3.79. The molecule has 1 aromatic carbocycles. The quantitative estimate of drug-likeness (QED) is 0.749. The summed E-state index contributed by atoms with van der Waals surface area (Å²) in [6, 6.07) is 7.85. The third kappa shape index (κ3) is 3.09. The van der Waals surface area contributed by atoms with Crippen LogP contribution in [0.3, 0.4) is 0 Å². The fraction of sp³-hybridized carbons (Fsp3) is 0.462. The van der Waals surface area contributed by atoms with Gasteiger partial charge in [0.2, 0.25) is 0 Å². The van der Waals surface area contributed by atoms with Crippen molar-refractivity contribution < 1.29 is 4.79 Å². The molecule has 3 heteroatoms. The van der Waals surface area contributed by atoms with Crippen molar-refractivity contribution in [3.63, 3.8) is 0 Å². The first-order chi connectivity index (χ1) is 7.75. The van der Waals surface area contributed by atoms with Gasteiger partial charge in [-0.3, -0.25) is 9.69 Å². The van der Waals surface area contributed by atoms with Crippen molar-refractivity contribution in [1.82, 2.24) is 4.90 Å². The number of aryl methyl sites for hydroxylation is 1. The van der Waals surface area contributed by atoms with E-state index in [1.54, 1.807) is 0 Å². The van der Waals surface area contributed by atoms with E-state index in [0.717, 1.165) is 30.2 Å². The van der Waals surface area contributed by atoms with Crippen molar-refractivity contribution >= 4 is 17.5 Å². The van der Waals surface area contributed by atoms with E-state index < -0.39 is 0 Å². The number of carbonyl (C=O) groups is 1. The highest BCUT2D eigenvalue weighted by molar-refractivity contribution is 7.99. The van der Waals surface area contributed by atoms with Crippen LogP contribution in [0, 0.1) is 6.92 Å². The Balaban J connectivity index is 1.94. The van der Waals surface area contributed by atoms with E-state index in [2.05, 4.69) is 4.90 Å². The van der Waals surface area contributed by atoms with Crippen LogP contribution in [0.4, 0.5) is 0 Å². The number of hydrogen-bond acceptors (Lipinski definition) is 3. The van der Waals surface area contributed by atoms with Gasteiger partial charge in [0, 0.05) is 30.2 Å². The molecule has 0 radical (unpaired) electrons. The largest absolute Gasteiger partial charge is 0.294 e. The maximum atomic E-state index is 12.0. The van der Waals surface area contributed by atoms with E-state index in [9.17, 15) is 4.79 Å². The summed E-state index contributed by atoms with van der Waals surface area (Å²) in [6.07, 6.45) is 0. The zero-order chi connectivity index (χ0) is 11.4. The minimum absolute atomic E-state index is 0.243. The van der Waals surface area contributed by atoms with Gasteiger partial charge in [-0.25, -0.2) is 0 Å². The Morgan fingerprint density at radius 3 is 2.50 bits per heavy atom. The van der Waals surface area contributed by atoms with Crippen LogP contribution in [-0.4, -0.2) is 41.8 Å². The zero-order valence-electron chi connectivity index (χ0n) is 9.61. The summed E-state index contributed by atoms with van der Waals surface area (Å²) in [6.45, 7) is 4.70. The van der Waals surface area contributed by atoms with Crippen molar-refractivity contribution in [2.75, 3.05) is 31.1 Å². The number of nitrogens with zero attached hydrogens (tertiary/aromatic N) is 1. The van der Waals surface area contributed by atoms with Gasteiger partial charge in [0.15, 0.2) is 5.78 Å². The summed E-state index contributed by atoms with van der Waals surface area (Å²) in [7, 11) is 0. The van der Waals surface area contributed by atoms with E-state index in [1.807, 2.05) is 43.0 Å². The predicted molar refractivity (Wildman–Crippen MR) is 69.3 cm³/mol. The molecular formula is C13H17NOS. The van der Waals surface area contributed by atoms with E-state index in [1.165, 1.54) is 5.56 Å². The Labute approximate surface area is 101 Å². The molecule has 1 fully saturated rings. The fourth-order valence-corrected chi connectivity index (χ4v) is 2.77. The molecule has 0 bridgehead atoms. The van der Waals surface area contributed by atoms with Crippen LogP contribution in [0.2, 0.25) is 0 Å². The minimum Gasteiger partial charge on any atom is -0.294 e. The normalized spacial score (nSPS) is 17.3. The van der Waals surface area contributed by atoms with Gasteiger partial charge in [-0.1, -0.05) is 29.8 Å². The van der Waals surface area contributed by atoms with Crippen LogP contribution in [0.15, 0.2) is 24.3 Å². The molecule has 0 saturated carbocycles. The van der Waals surface area contributed by atoms with E-state index in [4.69, 9.17) is 0 Å². The third-order valence-electron chi connectivity index (χ3n) is 2.84. The van der Waals surface area contributed by atoms with Gasteiger partial charge in [0.25, 0.3) is 0 Å². The first-order valence-corrected chi connectivity index (χ1v) is 6.81. The summed E-state index contributed by atoms with van der Waals surface area (Å²) >= 11 is 1.97. The van der Waals surface area contributed by atoms with Gasteiger partial charge in [-0.15, -0.1) is 0 Å². The Morgan fingerprint density at radius 1 is 1.25 bits per heavy atom. The lowest BCUT2D eigenvalue weighted by molar-refractivity contribution is 0.0937. The van der Waals surface area contributed by atoms with Crippen LogP contribution < -0.4 is 0 Å². The molecule has 0 N–H and O–H groups in total. The number of benzene rings is 1. The summed E-state index contributed by atoms with van der Waals surface area (Å²) in [5, 5.41) is 0. The Bertz CT molecular complexity index is 355. The lowest BCUT2D eigenvalue weighted by atomic mass is 10.1. The van der Waals surface area contributed by atoms with E-state index >= 15 is 0 Å². The van der Waals surface area contributed by atoms with Crippen LogP contribution in [-0.2, 0) is 0 Å². The standard InChI is InChI=1S/C13H17NOS/c1-11-2-4-12(5-3-11)13(15)10-14-6-8-16-9-7-14/h2-5H,6-10H2,1H3. The van der Waals surface area contributed by atoms with Crippen LogP contribution >= 0.6 is 11.8 Å². The molecule has 1 aliphatic rings. The molecule has 2 nitrogen and oxygen atoms in total. The molecule has 1 heterocycles. The topological polar surface area (TPSA) is 20.3 Å². The van der Waals surface area contributed by atoms with Crippen molar-refractivity contribution in [2.45, 2.75) is 6.92 Å². The Kier molecular flexibility index (Phi) is 4.02. The molecule has 0 spiro atoms. The molecular weight excluding hydrogens is 218 g/mol. The maximum Gasteiger partial charge on any atom is 0.176 e. The number of ketones is 1. The highest BCUT2D eigenvalue weighted by Gasteiger charge is 2.14. The number of carbonyl (C=O) groups excluding carboxylic acids is 1. The van der Waals surface area contributed by atoms with Crippen LogP contribution in [0.1, 0.15) is 15.9 Å². The SMILES string of the molecule is Cc1ccc(C(=O)CN2CCSCC2)cc1. The van der Waals surface area contributed by atoms with Crippen molar-refractivity contribution in [3.05, 3.63) is 35.4 Å². The maximum absolute atomic E-state index is 12.0. The average Bonchev–Trinajstić information content (AvgIpc) is 2.31. The van der Waals surface area contributed by atoms with Gasteiger partial charge in [-0.05, 0) is 6.92 Å². The lowest BCUT2D eigenvalue weighted by Gasteiger charge is -2.25. The molecule has 0 aliphatic carbocycles. The summed E-state index contributed by atoms with van der Waals surface area (Å²) in [5.74, 6) is 2.55. The van der Waals surface area contributed by atoms with Crippen LogP contribution in [0.5, 0.6) is 0 Å². The summed E-state index contributed by atoms with van der Waals surface area (Å²) in [5.41, 5.74) is 2.04. The molecule has 0 amide bonds. The monoisotopic (exact) mass is 235 g/mol. The smallest absolute Gasteiger partial charge is 0.176 e. The molecule has 2 rings (SSSR count). The molecule has 1 saturated heterocycles. The highest BCUT2D eigenvalue weighted by Crippen LogP contribution is 2.10. The predicted octanol–water partition coefficient (Wildman–Crippen LogP) is 2.23. The van der Waals surface area contributed by atoms with E-state index in [-0.39, 0.29) is 5.78 Å². The van der Waals surface area contributed by atoms with Crippen LogP contribution in [0.25, 0.3) is 0 Å². The lowest BCUT2D eigenvalue weighted by Crippen LogP contribution is -2.36. The molecule has 1 aromatic rings. The fourth-order valence-electron chi connectivity index (χ4n) is 1.79. The molecule has 1 aliphatic heterocycles. The second-order valence-corrected chi connectivity index (χ2v) is 5.40. The Morgan fingerprint density at radius 2 is 1.88 bits per heavy atom. The second-order valence-electron chi connectivity index (χ2n) is 4.18. The molecule has 86 valence electrons. The Hall–Kier alpha value is -0.800. The molecule has 0 atom stereocenters. The molecule has 0 aromatic heterocycles. The van der Waals surface area contributed by atoms with Gasteiger partial charge < -0.3 is 0 Å². The number of rotatable bonds is 3. The first-order valence-electron chi connectivity index (χ1n) is 5.66. The number of thioether (sulfide) groups is 1. The van der Waals surface area contributed by atoms with Crippen molar-refractivity contribution in [3.8, 4) is 0 Å². The zero-order valence-corrected chi connectivity index (χ0v) is 10.4. The van der Waals surface area contributed by atoms with Gasteiger partial charge in [0.05, 0.1) is 6.54 Å². The molecule has 16 heavy (non-hydrogen) atoms. The van der Waals surface area contributed by atoms with Crippen molar-refractivity contribution in [1.29, 1.82) is 0 Å². The highest BCUT2D eigenvalue weighted by atomic mass is 32.2. The summed E-state index contributed by atoms with van der Waals surface area (Å²) in [4.78, 5) is 14.2. The number of hydrogen-bond donors (Lipinski definition) is 0.